The molecule has 0 radical (unpaired) electrons. The Morgan fingerprint density at radius 2 is 2.00 bits per heavy atom. The van der Waals surface area contributed by atoms with Gasteiger partial charge in [-0.05, 0) is 17.7 Å². The van der Waals surface area contributed by atoms with Crippen LogP contribution in [0.4, 0.5) is 19.0 Å². The van der Waals surface area contributed by atoms with Gasteiger partial charge in [-0.25, -0.2) is 4.68 Å². The molecular weight excluding hydrogens is 463 g/mol. The van der Waals surface area contributed by atoms with Gasteiger partial charge in [-0.15, -0.1) is 0 Å². The Balaban J connectivity index is 1.53. The summed E-state index contributed by atoms with van der Waals surface area (Å²) in [6.45, 7) is 3.71. The van der Waals surface area contributed by atoms with E-state index < -0.39 is 24.2 Å². The molecule has 2 aromatic rings. The molecule has 0 spiro atoms. The predicted molar refractivity (Wildman–Crippen MR) is 116 cm³/mol. The molecule has 2 aliphatic rings. The first-order valence-corrected chi connectivity index (χ1v) is 11.0. The minimum atomic E-state index is -4.57. The first kappa shape index (κ1) is 23.7. The topological polar surface area (TPSA) is 80.7 Å². The van der Waals surface area contributed by atoms with Crippen molar-refractivity contribution in [2.75, 3.05) is 51.8 Å². The van der Waals surface area contributed by atoms with Gasteiger partial charge in [0.2, 0.25) is 0 Å². The molecule has 1 fully saturated rings. The lowest BCUT2D eigenvalue weighted by Gasteiger charge is -2.33. The van der Waals surface area contributed by atoms with Crippen LogP contribution in [0, 0.1) is 0 Å². The molecule has 8 nitrogen and oxygen atoms in total. The quantitative estimate of drug-likeness (QED) is 0.651. The summed E-state index contributed by atoms with van der Waals surface area (Å²) in [6.07, 6.45) is -4.86. The van der Waals surface area contributed by atoms with E-state index in [0.717, 1.165) is 17.8 Å². The number of methoxy groups -OCH3 is 1. The van der Waals surface area contributed by atoms with Gasteiger partial charge in [0.25, 0.3) is 5.91 Å². The number of rotatable bonds is 6. The smallest absolute Gasteiger partial charge is 0.410 e. The molecule has 180 valence electrons. The highest BCUT2D eigenvalue weighted by Gasteiger charge is 2.47. The SMILES string of the molecule is COc1ccc([C@@H]2C[C@@H](C(F)(F)F)n3nc(C(=O)NCCN4CCOCC4)c(Cl)c3N2)cc1. The van der Waals surface area contributed by atoms with Gasteiger partial charge < -0.3 is 20.1 Å². The summed E-state index contributed by atoms with van der Waals surface area (Å²) in [5, 5.41) is 9.55. The van der Waals surface area contributed by atoms with E-state index in [-0.39, 0.29) is 23.0 Å². The fourth-order valence-electron chi connectivity index (χ4n) is 4.03. The fraction of sp³-hybridized carbons (Fsp3) is 0.524. The Morgan fingerprint density at radius 3 is 2.64 bits per heavy atom. The summed E-state index contributed by atoms with van der Waals surface area (Å²) >= 11 is 6.36. The van der Waals surface area contributed by atoms with Crippen LogP contribution >= 0.6 is 11.6 Å². The number of ether oxygens (including phenoxy) is 2. The third-order valence-corrected chi connectivity index (χ3v) is 6.20. The monoisotopic (exact) mass is 487 g/mol. The van der Waals surface area contributed by atoms with Crippen LogP contribution in [0.25, 0.3) is 0 Å². The van der Waals surface area contributed by atoms with Crippen molar-refractivity contribution in [1.82, 2.24) is 20.0 Å². The first-order chi connectivity index (χ1) is 15.8. The van der Waals surface area contributed by atoms with Crippen LogP contribution in [-0.2, 0) is 4.74 Å². The number of alkyl halides is 3. The lowest BCUT2D eigenvalue weighted by Crippen LogP contribution is -2.41. The molecule has 2 N–H and O–H groups in total. The maximum Gasteiger partial charge on any atom is 0.410 e. The highest BCUT2D eigenvalue weighted by molar-refractivity contribution is 6.36. The molecule has 1 amide bonds. The molecule has 2 aliphatic heterocycles. The molecule has 0 aliphatic carbocycles. The van der Waals surface area contributed by atoms with Crippen molar-refractivity contribution in [3.05, 3.63) is 40.5 Å². The average molecular weight is 488 g/mol. The molecular formula is C21H25ClF3N5O3. The number of carbonyl (C=O) groups is 1. The largest absolute Gasteiger partial charge is 0.497 e. The summed E-state index contributed by atoms with van der Waals surface area (Å²) in [7, 11) is 1.51. The minimum Gasteiger partial charge on any atom is -0.497 e. The standard InChI is InChI=1S/C21H25ClF3N5O3/c1-32-14-4-2-13(3-5-14)15-12-16(21(23,24)25)30-19(27-15)17(22)18(28-30)20(31)26-6-7-29-8-10-33-11-9-29/h2-5,15-16,27H,6-12H2,1H3,(H,26,31)/t15-,16-/m0/s1. The molecule has 3 heterocycles. The van der Waals surface area contributed by atoms with Gasteiger partial charge in [-0.2, -0.15) is 18.3 Å². The maximum atomic E-state index is 13.9. The first-order valence-electron chi connectivity index (χ1n) is 10.6. The third-order valence-electron chi connectivity index (χ3n) is 5.85. The molecule has 12 heteroatoms. The lowest BCUT2D eigenvalue weighted by atomic mass is 9.97. The zero-order valence-corrected chi connectivity index (χ0v) is 18.7. The van der Waals surface area contributed by atoms with Crippen molar-refractivity contribution >= 4 is 23.3 Å². The lowest BCUT2D eigenvalue weighted by molar-refractivity contribution is -0.173. The van der Waals surface area contributed by atoms with E-state index in [1.165, 1.54) is 7.11 Å². The molecule has 4 rings (SSSR count). The van der Waals surface area contributed by atoms with Crippen molar-refractivity contribution in [2.24, 2.45) is 0 Å². The fourth-order valence-corrected chi connectivity index (χ4v) is 4.29. The van der Waals surface area contributed by atoms with Gasteiger partial charge in [0, 0.05) is 32.6 Å². The zero-order chi connectivity index (χ0) is 23.6. The van der Waals surface area contributed by atoms with Gasteiger partial charge in [0.15, 0.2) is 11.7 Å². The number of benzene rings is 1. The van der Waals surface area contributed by atoms with Crippen LogP contribution in [0.15, 0.2) is 24.3 Å². The van der Waals surface area contributed by atoms with Gasteiger partial charge in [0.05, 0.1) is 26.4 Å². The number of hydrogen-bond donors (Lipinski definition) is 2. The number of fused-ring (bicyclic) bond motifs is 1. The Kier molecular flexibility index (Phi) is 7.01. The van der Waals surface area contributed by atoms with Crippen molar-refractivity contribution in [2.45, 2.75) is 24.7 Å². The van der Waals surface area contributed by atoms with E-state index in [4.69, 9.17) is 21.1 Å². The van der Waals surface area contributed by atoms with Gasteiger partial charge in [-0.1, -0.05) is 23.7 Å². The number of morpholine rings is 1. The van der Waals surface area contributed by atoms with Crippen LogP contribution in [0.3, 0.4) is 0 Å². The average Bonchev–Trinajstić information content (AvgIpc) is 3.15. The number of carbonyl (C=O) groups excluding carboxylic acids is 1. The van der Waals surface area contributed by atoms with Crippen LogP contribution in [0.2, 0.25) is 5.02 Å². The van der Waals surface area contributed by atoms with Crippen molar-refractivity contribution < 1.29 is 27.4 Å². The second kappa shape index (κ2) is 9.78. The van der Waals surface area contributed by atoms with Crippen LogP contribution in [-0.4, -0.2) is 73.3 Å². The van der Waals surface area contributed by atoms with Crippen molar-refractivity contribution in [3.63, 3.8) is 0 Å². The zero-order valence-electron chi connectivity index (χ0n) is 18.0. The molecule has 0 saturated carbocycles. The Morgan fingerprint density at radius 1 is 1.30 bits per heavy atom. The number of aromatic nitrogens is 2. The molecule has 0 unspecified atom stereocenters. The maximum absolute atomic E-state index is 13.9. The van der Waals surface area contributed by atoms with E-state index in [9.17, 15) is 18.0 Å². The van der Waals surface area contributed by atoms with E-state index in [0.29, 0.717) is 37.6 Å². The molecule has 1 aromatic heterocycles. The predicted octanol–water partition coefficient (Wildman–Crippen LogP) is 3.27. The van der Waals surface area contributed by atoms with Gasteiger partial charge in [0.1, 0.15) is 16.6 Å². The van der Waals surface area contributed by atoms with Crippen LogP contribution in [0.5, 0.6) is 5.75 Å². The number of nitrogens with zero attached hydrogens (tertiary/aromatic N) is 3. The summed E-state index contributed by atoms with van der Waals surface area (Å²) in [6, 6.07) is 4.17. The summed E-state index contributed by atoms with van der Waals surface area (Å²) in [4.78, 5) is 14.8. The normalized spacial score (nSPS) is 21.2. The molecule has 1 saturated heterocycles. The summed E-state index contributed by atoms with van der Waals surface area (Å²) in [5.41, 5.74) is 0.413. The highest BCUT2D eigenvalue weighted by atomic mass is 35.5. The molecule has 0 bridgehead atoms. The van der Waals surface area contributed by atoms with Crippen molar-refractivity contribution in [3.8, 4) is 5.75 Å². The number of anilines is 1. The Hall–Kier alpha value is -2.50. The highest BCUT2D eigenvalue weighted by Crippen LogP contribution is 2.46. The molecule has 33 heavy (non-hydrogen) atoms. The van der Waals surface area contributed by atoms with E-state index >= 15 is 0 Å². The summed E-state index contributed by atoms with van der Waals surface area (Å²) < 4.78 is 52.9. The van der Waals surface area contributed by atoms with Gasteiger partial charge >= 0.3 is 6.18 Å². The Bertz CT molecular complexity index is 977. The number of hydrogen-bond acceptors (Lipinski definition) is 6. The third kappa shape index (κ3) is 5.20. The van der Waals surface area contributed by atoms with E-state index in [1.807, 2.05) is 0 Å². The summed E-state index contributed by atoms with van der Waals surface area (Å²) in [5.74, 6) is -0.0377. The second-order valence-corrected chi connectivity index (χ2v) is 8.31. The molecule has 1 aromatic carbocycles. The number of amides is 1. The van der Waals surface area contributed by atoms with Crippen molar-refractivity contribution in [1.29, 1.82) is 0 Å². The Labute approximate surface area is 194 Å². The second-order valence-electron chi connectivity index (χ2n) is 7.93. The molecule has 2 atom stereocenters. The number of nitrogens with one attached hydrogen (secondary N) is 2. The number of halogens is 4. The van der Waals surface area contributed by atoms with Crippen LogP contribution in [0.1, 0.15) is 34.6 Å². The van der Waals surface area contributed by atoms with Crippen LogP contribution < -0.4 is 15.4 Å². The minimum absolute atomic E-state index is 0.0237. The van der Waals surface area contributed by atoms with E-state index in [1.54, 1.807) is 24.3 Å². The van der Waals surface area contributed by atoms with Gasteiger partial charge in [-0.3, -0.25) is 9.69 Å². The van der Waals surface area contributed by atoms with E-state index in [2.05, 4.69) is 20.6 Å².